The van der Waals surface area contributed by atoms with E-state index in [9.17, 15) is 13.2 Å². The fraction of sp³-hybridized carbons (Fsp3) is 0.0500. The predicted octanol–water partition coefficient (Wildman–Crippen LogP) is 4.53. The molecule has 3 aromatic carbocycles. The van der Waals surface area contributed by atoms with Gasteiger partial charge < -0.3 is 5.32 Å². The number of para-hydroxylation sites is 1. The lowest BCUT2D eigenvalue weighted by atomic mass is 10.2. The molecule has 5 nitrogen and oxygen atoms in total. The van der Waals surface area contributed by atoms with E-state index in [-0.39, 0.29) is 16.4 Å². The molecule has 138 valence electrons. The van der Waals surface area contributed by atoms with Crippen LogP contribution in [0.3, 0.4) is 0 Å². The molecule has 0 aliphatic carbocycles. The molecule has 0 fully saturated rings. The maximum absolute atomic E-state index is 12.9. The Morgan fingerprint density at radius 1 is 0.926 bits per heavy atom. The van der Waals surface area contributed by atoms with E-state index in [1.807, 2.05) is 18.2 Å². The minimum Gasteiger partial charge on any atom is -0.322 e. The molecule has 0 heterocycles. The number of nitrogens with one attached hydrogen (secondary N) is 1. The molecule has 1 N–H and O–H groups in total. The molecule has 0 aromatic heterocycles. The molecule has 0 unspecified atom stereocenters. The number of nitrogens with zero attached hydrogens (tertiary/aromatic N) is 1. The van der Waals surface area contributed by atoms with Gasteiger partial charge in [0.05, 0.1) is 10.6 Å². The number of benzene rings is 3. The lowest BCUT2D eigenvalue weighted by Gasteiger charge is -2.19. The number of carbonyl (C=O) groups excluding carboxylic acids is 1. The maximum atomic E-state index is 12.9. The van der Waals surface area contributed by atoms with E-state index in [2.05, 4.69) is 21.2 Å². The minimum atomic E-state index is -3.78. The quantitative estimate of drug-likeness (QED) is 0.628. The van der Waals surface area contributed by atoms with Crippen molar-refractivity contribution in [3.63, 3.8) is 0 Å². The van der Waals surface area contributed by atoms with Crippen molar-refractivity contribution in [1.82, 2.24) is 0 Å². The van der Waals surface area contributed by atoms with Crippen LogP contribution in [-0.4, -0.2) is 21.4 Å². The Labute approximate surface area is 166 Å². The van der Waals surface area contributed by atoms with Gasteiger partial charge in [-0.15, -0.1) is 0 Å². The highest BCUT2D eigenvalue weighted by Crippen LogP contribution is 2.23. The second-order valence-electron chi connectivity index (χ2n) is 5.80. The molecule has 0 atom stereocenters. The molecule has 3 rings (SSSR count). The summed E-state index contributed by atoms with van der Waals surface area (Å²) in [6, 6.07) is 21.9. The van der Waals surface area contributed by atoms with Crippen molar-refractivity contribution < 1.29 is 13.2 Å². The van der Waals surface area contributed by atoms with Crippen molar-refractivity contribution in [2.24, 2.45) is 0 Å². The van der Waals surface area contributed by atoms with Crippen molar-refractivity contribution in [3.8, 4) is 0 Å². The number of carbonyl (C=O) groups is 1. The smallest absolute Gasteiger partial charge is 0.264 e. The van der Waals surface area contributed by atoms with E-state index in [4.69, 9.17) is 0 Å². The van der Waals surface area contributed by atoms with Gasteiger partial charge in [-0.05, 0) is 54.6 Å². The van der Waals surface area contributed by atoms with Gasteiger partial charge in [0.25, 0.3) is 15.9 Å². The van der Waals surface area contributed by atoms with Crippen LogP contribution in [0.1, 0.15) is 10.4 Å². The van der Waals surface area contributed by atoms with E-state index >= 15 is 0 Å². The second kappa shape index (κ2) is 7.94. The minimum absolute atomic E-state index is 0.0531. The van der Waals surface area contributed by atoms with Gasteiger partial charge in [0, 0.05) is 22.8 Å². The molecule has 0 saturated heterocycles. The Balaban J connectivity index is 1.86. The first kappa shape index (κ1) is 19.1. The number of halogens is 1. The summed E-state index contributed by atoms with van der Waals surface area (Å²) in [5, 5.41) is 2.76. The number of anilines is 2. The topological polar surface area (TPSA) is 66.5 Å². The summed E-state index contributed by atoms with van der Waals surface area (Å²) in [6.45, 7) is 0. The van der Waals surface area contributed by atoms with E-state index in [0.29, 0.717) is 11.4 Å². The van der Waals surface area contributed by atoms with Crippen molar-refractivity contribution in [1.29, 1.82) is 0 Å². The van der Waals surface area contributed by atoms with Crippen LogP contribution in [0, 0.1) is 0 Å². The SMILES string of the molecule is CN(c1ccccc1)S(=O)(=O)c1cccc(C(=O)Nc2ccc(Br)cc2)c1. The first-order chi connectivity index (χ1) is 12.9. The Bertz CT molecular complexity index is 1050. The molecular formula is C20H17BrN2O3S. The molecule has 0 aliphatic rings. The first-order valence-electron chi connectivity index (χ1n) is 8.09. The first-order valence-corrected chi connectivity index (χ1v) is 10.3. The van der Waals surface area contributed by atoms with Crippen LogP contribution in [0.25, 0.3) is 0 Å². The largest absolute Gasteiger partial charge is 0.322 e. The Kier molecular flexibility index (Phi) is 5.62. The molecule has 7 heteroatoms. The summed E-state index contributed by atoms with van der Waals surface area (Å²) in [5.74, 6) is -0.378. The van der Waals surface area contributed by atoms with Gasteiger partial charge in [-0.2, -0.15) is 0 Å². The van der Waals surface area contributed by atoms with Crippen LogP contribution in [0.15, 0.2) is 88.2 Å². The third-order valence-electron chi connectivity index (χ3n) is 3.98. The number of amides is 1. The normalized spacial score (nSPS) is 11.0. The zero-order chi connectivity index (χ0) is 19.4. The molecular weight excluding hydrogens is 428 g/mol. The predicted molar refractivity (Wildman–Crippen MR) is 111 cm³/mol. The van der Waals surface area contributed by atoms with Crippen molar-refractivity contribution in [2.75, 3.05) is 16.7 Å². The second-order valence-corrected chi connectivity index (χ2v) is 8.68. The lowest BCUT2D eigenvalue weighted by molar-refractivity contribution is 0.102. The highest BCUT2D eigenvalue weighted by atomic mass is 79.9. The number of rotatable bonds is 5. The molecule has 0 bridgehead atoms. The Morgan fingerprint density at radius 2 is 1.59 bits per heavy atom. The van der Waals surface area contributed by atoms with Crippen LogP contribution in [0.4, 0.5) is 11.4 Å². The monoisotopic (exact) mass is 444 g/mol. The molecule has 0 spiro atoms. The zero-order valence-electron chi connectivity index (χ0n) is 14.5. The number of hydrogen-bond donors (Lipinski definition) is 1. The summed E-state index contributed by atoms with van der Waals surface area (Å²) in [5.41, 5.74) is 1.43. The highest BCUT2D eigenvalue weighted by molar-refractivity contribution is 9.10. The average molecular weight is 445 g/mol. The fourth-order valence-corrected chi connectivity index (χ4v) is 3.98. The molecule has 0 saturated carbocycles. The Hall–Kier alpha value is -2.64. The molecule has 27 heavy (non-hydrogen) atoms. The molecule has 1 amide bonds. The third kappa shape index (κ3) is 4.37. The van der Waals surface area contributed by atoms with Gasteiger partial charge >= 0.3 is 0 Å². The van der Waals surface area contributed by atoms with Gasteiger partial charge in [0.2, 0.25) is 0 Å². The standard InChI is InChI=1S/C20H17BrN2O3S/c1-23(18-7-3-2-4-8-18)27(25,26)19-9-5-6-15(14-19)20(24)22-17-12-10-16(21)11-13-17/h2-14H,1H3,(H,22,24). The van der Waals surface area contributed by atoms with E-state index in [0.717, 1.165) is 4.47 Å². The van der Waals surface area contributed by atoms with Crippen LogP contribution in [0.5, 0.6) is 0 Å². The highest BCUT2D eigenvalue weighted by Gasteiger charge is 2.22. The van der Waals surface area contributed by atoms with Crippen LogP contribution >= 0.6 is 15.9 Å². The summed E-state index contributed by atoms with van der Waals surface area (Å²) >= 11 is 3.34. The zero-order valence-corrected chi connectivity index (χ0v) is 16.9. The van der Waals surface area contributed by atoms with Gasteiger partial charge in [-0.25, -0.2) is 8.42 Å². The molecule has 0 aliphatic heterocycles. The van der Waals surface area contributed by atoms with E-state index in [1.165, 1.54) is 23.5 Å². The fourth-order valence-electron chi connectivity index (χ4n) is 2.47. The van der Waals surface area contributed by atoms with Gasteiger partial charge in [0.1, 0.15) is 0 Å². The average Bonchev–Trinajstić information content (AvgIpc) is 2.70. The lowest BCUT2D eigenvalue weighted by Crippen LogP contribution is -2.26. The van der Waals surface area contributed by atoms with Crippen molar-refractivity contribution in [3.05, 3.63) is 88.9 Å². The van der Waals surface area contributed by atoms with Crippen LogP contribution < -0.4 is 9.62 Å². The summed E-state index contributed by atoms with van der Waals surface area (Å²) in [7, 11) is -2.29. The number of hydrogen-bond acceptors (Lipinski definition) is 3. The van der Waals surface area contributed by atoms with Gasteiger partial charge in [-0.1, -0.05) is 40.2 Å². The summed E-state index contributed by atoms with van der Waals surface area (Å²) < 4.78 is 27.9. The summed E-state index contributed by atoms with van der Waals surface area (Å²) in [6.07, 6.45) is 0. The molecule has 0 radical (unpaired) electrons. The Morgan fingerprint density at radius 3 is 2.26 bits per heavy atom. The van der Waals surface area contributed by atoms with E-state index < -0.39 is 10.0 Å². The molecule has 3 aromatic rings. The van der Waals surface area contributed by atoms with Crippen LogP contribution in [-0.2, 0) is 10.0 Å². The van der Waals surface area contributed by atoms with Gasteiger partial charge in [0.15, 0.2) is 0 Å². The third-order valence-corrected chi connectivity index (χ3v) is 6.29. The van der Waals surface area contributed by atoms with Crippen LogP contribution in [0.2, 0.25) is 0 Å². The maximum Gasteiger partial charge on any atom is 0.264 e. The summed E-state index contributed by atoms with van der Waals surface area (Å²) in [4.78, 5) is 12.5. The van der Waals surface area contributed by atoms with Crippen molar-refractivity contribution >= 4 is 43.2 Å². The van der Waals surface area contributed by atoms with Gasteiger partial charge in [-0.3, -0.25) is 9.10 Å². The van der Waals surface area contributed by atoms with E-state index in [1.54, 1.807) is 48.5 Å². The number of sulfonamides is 1. The van der Waals surface area contributed by atoms with Crippen molar-refractivity contribution in [2.45, 2.75) is 4.90 Å².